The normalized spacial score (nSPS) is 11.7. The number of ether oxygens (including phenoxy) is 1. The predicted molar refractivity (Wildman–Crippen MR) is 65.8 cm³/mol. The average Bonchev–Trinajstić information content (AvgIpc) is 2.35. The number of rotatable bonds is 3. The summed E-state index contributed by atoms with van der Waals surface area (Å²) in [7, 11) is 1.28. The molecule has 0 fully saturated rings. The first-order chi connectivity index (χ1) is 8.11. The maximum Gasteiger partial charge on any atom is 0.348 e. The SMILES string of the molecule is COC(=O)/C(C#N)=C(\c1ccccc1)C(C)C. The Bertz CT molecular complexity index is 467. The Morgan fingerprint density at radius 2 is 1.88 bits per heavy atom. The Balaban J connectivity index is 3.40. The number of allylic oxidation sites excluding steroid dienone is 1. The number of hydrogen-bond donors (Lipinski definition) is 0. The minimum absolute atomic E-state index is 0.0751. The van der Waals surface area contributed by atoms with Crippen LogP contribution in [0, 0.1) is 17.2 Å². The van der Waals surface area contributed by atoms with Gasteiger partial charge in [-0.1, -0.05) is 44.2 Å². The molecule has 0 aromatic heterocycles. The van der Waals surface area contributed by atoms with E-state index in [2.05, 4.69) is 4.74 Å². The van der Waals surface area contributed by atoms with Crippen molar-refractivity contribution in [2.75, 3.05) is 7.11 Å². The van der Waals surface area contributed by atoms with E-state index < -0.39 is 5.97 Å². The third kappa shape index (κ3) is 2.94. The van der Waals surface area contributed by atoms with Crippen molar-refractivity contribution in [1.29, 1.82) is 5.26 Å². The van der Waals surface area contributed by atoms with E-state index in [1.165, 1.54) is 7.11 Å². The smallest absolute Gasteiger partial charge is 0.348 e. The van der Waals surface area contributed by atoms with Crippen LogP contribution in [0.5, 0.6) is 0 Å². The largest absolute Gasteiger partial charge is 0.465 e. The van der Waals surface area contributed by atoms with Crippen LogP contribution >= 0.6 is 0 Å². The van der Waals surface area contributed by atoms with Crippen molar-refractivity contribution in [3.05, 3.63) is 41.5 Å². The van der Waals surface area contributed by atoms with Gasteiger partial charge in [-0.05, 0) is 17.1 Å². The molecule has 0 unspecified atom stereocenters. The Kier molecular flexibility index (Phi) is 4.47. The van der Waals surface area contributed by atoms with Gasteiger partial charge in [0.25, 0.3) is 0 Å². The quantitative estimate of drug-likeness (QED) is 0.455. The lowest BCUT2D eigenvalue weighted by Gasteiger charge is -2.13. The van der Waals surface area contributed by atoms with Crippen molar-refractivity contribution in [1.82, 2.24) is 0 Å². The molecule has 0 atom stereocenters. The average molecular weight is 229 g/mol. The van der Waals surface area contributed by atoms with E-state index in [1.807, 2.05) is 50.2 Å². The second-order valence-corrected chi connectivity index (χ2v) is 3.91. The molecule has 0 aliphatic rings. The van der Waals surface area contributed by atoms with E-state index in [1.54, 1.807) is 0 Å². The van der Waals surface area contributed by atoms with Crippen LogP contribution < -0.4 is 0 Å². The summed E-state index contributed by atoms with van der Waals surface area (Å²) < 4.78 is 4.64. The summed E-state index contributed by atoms with van der Waals surface area (Å²) in [6, 6.07) is 11.4. The molecule has 3 heteroatoms. The Hall–Kier alpha value is -2.08. The van der Waals surface area contributed by atoms with Gasteiger partial charge >= 0.3 is 5.97 Å². The molecule has 3 nitrogen and oxygen atoms in total. The summed E-state index contributed by atoms with van der Waals surface area (Å²) in [6.07, 6.45) is 0. The van der Waals surface area contributed by atoms with Crippen LogP contribution in [0.2, 0.25) is 0 Å². The molecule has 1 aromatic carbocycles. The molecule has 1 rings (SSSR count). The third-order valence-electron chi connectivity index (χ3n) is 2.43. The molecule has 17 heavy (non-hydrogen) atoms. The number of carbonyl (C=O) groups excluding carboxylic acids is 1. The molecule has 0 heterocycles. The first-order valence-corrected chi connectivity index (χ1v) is 5.39. The first-order valence-electron chi connectivity index (χ1n) is 5.39. The van der Waals surface area contributed by atoms with E-state index in [0.29, 0.717) is 0 Å². The van der Waals surface area contributed by atoms with Crippen molar-refractivity contribution in [2.45, 2.75) is 13.8 Å². The highest BCUT2D eigenvalue weighted by Crippen LogP contribution is 2.27. The molecule has 0 N–H and O–H groups in total. The van der Waals surface area contributed by atoms with Crippen LogP contribution in [0.4, 0.5) is 0 Å². The van der Waals surface area contributed by atoms with Gasteiger partial charge in [0.05, 0.1) is 7.11 Å². The molecular formula is C14H15NO2. The summed E-state index contributed by atoms with van der Waals surface area (Å²) in [5.41, 5.74) is 1.68. The van der Waals surface area contributed by atoms with Crippen molar-refractivity contribution in [3.63, 3.8) is 0 Å². The van der Waals surface area contributed by atoms with Gasteiger partial charge in [0, 0.05) is 0 Å². The number of nitrogens with zero attached hydrogens (tertiary/aromatic N) is 1. The number of hydrogen-bond acceptors (Lipinski definition) is 3. The Morgan fingerprint density at radius 3 is 2.29 bits per heavy atom. The van der Waals surface area contributed by atoms with E-state index >= 15 is 0 Å². The minimum Gasteiger partial charge on any atom is -0.465 e. The summed E-state index contributed by atoms with van der Waals surface area (Å²) in [6.45, 7) is 3.89. The van der Waals surface area contributed by atoms with Crippen molar-refractivity contribution in [2.24, 2.45) is 5.92 Å². The predicted octanol–water partition coefficient (Wildman–Crippen LogP) is 2.79. The molecule has 0 saturated carbocycles. The van der Waals surface area contributed by atoms with Crippen LogP contribution in [0.25, 0.3) is 5.57 Å². The molecule has 0 bridgehead atoms. The van der Waals surface area contributed by atoms with Gasteiger partial charge in [0.2, 0.25) is 0 Å². The Morgan fingerprint density at radius 1 is 1.29 bits per heavy atom. The second-order valence-electron chi connectivity index (χ2n) is 3.91. The lowest BCUT2D eigenvalue weighted by Crippen LogP contribution is -2.09. The van der Waals surface area contributed by atoms with Gasteiger partial charge in [-0.15, -0.1) is 0 Å². The molecule has 0 spiro atoms. The molecule has 88 valence electrons. The molecule has 0 aliphatic heterocycles. The highest BCUT2D eigenvalue weighted by molar-refractivity contribution is 6.01. The summed E-state index contributed by atoms with van der Waals surface area (Å²) in [5.74, 6) is -0.508. The molecule has 0 aliphatic carbocycles. The summed E-state index contributed by atoms with van der Waals surface area (Å²) >= 11 is 0. The highest BCUT2D eigenvalue weighted by Gasteiger charge is 2.19. The van der Waals surface area contributed by atoms with E-state index in [4.69, 9.17) is 5.26 Å². The fourth-order valence-corrected chi connectivity index (χ4v) is 1.70. The van der Waals surface area contributed by atoms with Crippen molar-refractivity contribution in [3.8, 4) is 6.07 Å². The second kappa shape index (κ2) is 5.86. The van der Waals surface area contributed by atoms with Crippen LogP contribution in [0.1, 0.15) is 19.4 Å². The zero-order valence-electron chi connectivity index (χ0n) is 10.2. The van der Waals surface area contributed by atoms with Gasteiger partial charge in [-0.25, -0.2) is 4.79 Å². The van der Waals surface area contributed by atoms with Crippen LogP contribution in [-0.2, 0) is 9.53 Å². The topological polar surface area (TPSA) is 50.1 Å². The standard InChI is InChI=1S/C14H15NO2/c1-10(2)13(11-7-5-4-6-8-11)12(9-15)14(16)17-3/h4-8,10H,1-3H3/b13-12-. The Labute approximate surface area is 101 Å². The molecule has 1 aromatic rings. The number of esters is 1. The fraction of sp³-hybridized carbons (Fsp3) is 0.286. The number of benzene rings is 1. The molecule has 0 radical (unpaired) electrons. The fourth-order valence-electron chi connectivity index (χ4n) is 1.70. The van der Waals surface area contributed by atoms with Gasteiger partial charge in [0.1, 0.15) is 11.6 Å². The van der Waals surface area contributed by atoms with Gasteiger partial charge in [0.15, 0.2) is 0 Å². The molecule has 0 amide bonds. The number of carbonyl (C=O) groups is 1. The minimum atomic E-state index is -0.583. The number of methoxy groups -OCH3 is 1. The third-order valence-corrected chi connectivity index (χ3v) is 2.43. The van der Waals surface area contributed by atoms with Gasteiger partial charge in [-0.3, -0.25) is 0 Å². The highest BCUT2D eigenvalue weighted by atomic mass is 16.5. The van der Waals surface area contributed by atoms with E-state index in [-0.39, 0.29) is 11.5 Å². The lowest BCUT2D eigenvalue weighted by molar-refractivity contribution is -0.135. The first kappa shape index (κ1) is 13.0. The van der Waals surface area contributed by atoms with Crippen molar-refractivity contribution >= 4 is 11.5 Å². The lowest BCUT2D eigenvalue weighted by atomic mass is 9.91. The monoisotopic (exact) mass is 229 g/mol. The zero-order valence-corrected chi connectivity index (χ0v) is 10.2. The van der Waals surface area contributed by atoms with Crippen LogP contribution in [-0.4, -0.2) is 13.1 Å². The molecular weight excluding hydrogens is 214 g/mol. The number of nitriles is 1. The molecule has 0 saturated heterocycles. The summed E-state index contributed by atoms with van der Waals surface area (Å²) in [4.78, 5) is 11.6. The summed E-state index contributed by atoms with van der Waals surface area (Å²) in [5, 5.41) is 9.10. The van der Waals surface area contributed by atoms with E-state index in [0.717, 1.165) is 11.1 Å². The van der Waals surface area contributed by atoms with Gasteiger partial charge in [-0.2, -0.15) is 5.26 Å². The van der Waals surface area contributed by atoms with Gasteiger partial charge < -0.3 is 4.74 Å². The van der Waals surface area contributed by atoms with Crippen LogP contribution in [0.15, 0.2) is 35.9 Å². The maximum atomic E-state index is 11.6. The van der Waals surface area contributed by atoms with Crippen LogP contribution in [0.3, 0.4) is 0 Å². The van der Waals surface area contributed by atoms with E-state index in [9.17, 15) is 4.79 Å². The maximum absolute atomic E-state index is 11.6. The van der Waals surface area contributed by atoms with Crippen molar-refractivity contribution < 1.29 is 9.53 Å². The zero-order chi connectivity index (χ0) is 12.8.